The molecule has 2 aromatic rings. The van der Waals surface area contributed by atoms with Crippen LogP contribution in [0.1, 0.15) is 12.5 Å². The lowest BCUT2D eigenvalue weighted by Crippen LogP contribution is -2.23. The third kappa shape index (κ3) is 5.57. The minimum atomic E-state index is -4.23. The largest absolute Gasteiger partial charge is 0.378 e. The molecule has 13 heteroatoms. The first-order chi connectivity index (χ1) is 14.5. The predicted molar refractivity (Wildman–Crippen MR) is 117 cm³/mol. The first-order valence-electron chi connectivity index (χ1n) is 8.34. The summed E-state index contributed by atoms with van der Waals surface area (Å²) in [5.74, 6) is -0.870. The van der Waals surface area contributed by atoms with Gasteiger partial charge < -0.3 is 9.50 Å². The second-order valence-corrected chi connectivity index (χ2v) is 9.42. The number of nitrogens with one attached hydrogen (secondary N) is 1. The number of halogens is 1. The number of rotatable bonds is 5. The van der Waals surface area contributed by atoms with E-state index in [4.69, 9.17) is 4.18 Å². The Kier molecular flexibility index (Phi) is 6.57. The number of benzene rings is 2. The van der Waals surface area contributed by atoms with Crippen molar-refractivity contribution in [1.29, 1.82) is 0 Å². The van der Waals surface area contributed by atoms with Crippen molar-refractivity contribution in [3.8, 4) is 5.75 Å². The number of nitro groups is 1. The zero-order chi connectivity index (χ0) is 22.8. The van der Waals surface area contributed by atoms with Gasteiger partial charge in [-0.15, -0.1) is 0 Å². The van der Waals surface area contributed by atoms with Gasteiger partial charge in [0.1, 0.15) is 4.90 Å². The smallest absolute Gasteiger partial charge is 0.339 e. The van der Waals surface area contributed by atoms with Crippen LogP contribution < -0.4 is 9.50 Å². The van der Waals surface area contributed by atoms with Crippen LogP contribution in [0.15, 0.2) is 61.7 Å². The van der Waals surface area contributed by atoms with Gasteiger partial charge in [0.25, 0.3) is 11.6 Å². The molecule has 0 fully saturated rings. The van der Waals surface area contributed by atoms with Crippen molar-refractivity contribution >= 4 is 66.6 Å². The van der Waals surface area contributed by atoms with Crippen molar-refractivity contribution in [1.82, 2.24) is 5.32 Å². The molecule has 0 aliphatic carbocycles. The van der Waals surface area contributed by atoms with Gasteiger partial charge in [0, 0.05) is 19.1 Å². The number of amides is 2. The fourth-order valence-electron chi connectivity index (χ4n) is 2.34. The molecule has 1 aliphatic heterocycles. The van der Waals surface area contributed by atoms with Crippen molar-refractivity contribution in [3.05, 3.63) is 67.5 Å². The van der Waals surface area contributed by atoms with Crippen LogP contribution in [-0.2, 0) is 19.7 Å². The Balaban J connectivity index is 1.77. The summed E-state index contributed by atoms with van der Waals surface area (Å²) in [4.78, 5) is 36.9. The second kappa shape index (κ2) is 8.99. The van der Waals surface area contributed by atoms with Crippen LogP contribution in [0.25, 0.3) is 6.08 Å². The summed E-state index contributed by atoms with van der Waals surface area (Å²) in [6.07, 6.45) is 1.53. The first kappa shape index (κ1) is 22.7. The van der Waals surface area contributed by atoms with Crippen molar-refractivity contribution < 1.29 is 27.1 Å². The van der Waals surface area contributed by atoms with Gasteiger partial charge in [-0.25, -0.2) is 0 Å². The highest BCUT2D eigenvalue weighted by molar-refractivity contribution is 9.10. The summed E-state index contributed by atoms with van der Waals surface area (Å²) >= 11 is 4.23. The lowest BCUT2D eigenvalue weighted by Gasteiger charge is -2.09. The van der Waals surface area contributed by atoms with E-state index in [1.807, 2.05) is 0 Å². The molecule has 2 amide bonds. The minimum Gasteiger partial charge on any atom is -0.378 e. The lowest BCUT2D eigenvalue weighted by molar-refractivity contribution is -0.384. The Morgan fingerprint density at radius 1 is 1.26 bits per heavy atom. The van der Waals surface area contributed by atoms with Crippen molar-refractivity contribution in [2.75, 3.05) is 0 Å². The summed E-state index contributed by atoms with van der Waals surface area (Å²) in [5, 5.41) is 13.3. The van der Waals surface area contributed by atoms with Crippen LogP contribution in [-0.4, -0.2) is 30.3 Å². The standard InChI is InChI=1S/C18H12BrN3O7S2/c1-10(23)20-18-21-17(24)16(30-18)9-11-2-7-15(14(19)8-11)29-31(27,28)13-5-3-12(4-6-13)22(25)26/h2-9H,1H3,(H,20,21,23,24)/b16-9-. The van der Waals surface area contributed by atoms with Crippen molar-refractivity contribution in [2.24, 2.45) is 4.99 Å². The van der Waals surface area contributed by atoms with Gasteiger partial charge in [-0.2, -0.15) is 13.4 Å². The Labute approximate surface area is 188 Å². The topological polar surface area (TPSA) is 145 Å². The molecule has 0 aromatic heterocycles. The number of carbonyl (C=O) groups is 2. The SMILES string of the molecule is CC(=O)NC1=NC(=O)/C(=C/c2ccc(OS(=O)(=O)c3ccc([N+](=O)[O-])cc3)c(Br)c2)S1. The van der Waals surface area contributed by atoms with Gasteiger partial charge in [-0.05, 0) is 63.6 Å². The molecule has 10 nitrogen and oxygen atoms in total. The average molecular weight is 526 g/mol. The molecule has 0 spiro atoms. The molecular formula is C18H12BrN3O7S2. The first-order valence-corrected chi connectivity index (χ1v) is 11.4. The average Bonchev–Trinajstić information content (AvgIpc) is 3.02. The Morgan fingerprint density at radius 3 is 2.52 bits per heavy atom. The lowest BCUT2D eigenvalue weighted by atomic mass is 10.2. The van der Waals surface area contributed by atoms with Gasteiger partial charge in [-0.1, -0.05) is 6.07 Å². The summed E-state index contributed by atoms with van der Waals surface area (Å²) < 4.78 is 30.3. The third-order valence-electron chi connectivity index (χ3n) is 3.69. The summed E-state index contributed by atoms with van der Waals surface area (Å²) in [6.45, 7) is 1.30. The van der Waals surface area contributed by atoms with Gasteiger partial charge >= 0.3 is 10.1 Å². The number of nitrogens with zero attached hydrogens (tertiary/aromatic N) is 2. The number of thioether (sulfide) groups is 1. The predicted octanol–water partition coefficient (Wildman–Crippen LogP) is 3.23. The quantitative estimate of drug-likeness (QED) is 0.271. The van der Waals surface area contributed by atoms with E-state index in [-0.39, 0.29) is 32.3 Å². The minimum absolute atomic E-state index is 0.0129. The monoisotopic (exact) mass is 525 g/mol. The molecule has 0 saturated heterocycles. The maximum atomic E-state index is 12.4. The van der Waals surface area contributed by atoms with E-state index in [0.717, 1.165) is 36.0 Å². The Hall–Kier alpha value is -3.03. The Morgan fingerprint density at radius 2 is 1.94 bits per heavy atom. The van der Waals surface area contributed by atoms with Crippen LogP contribution in [0, 0.1) is 10.1 Å². The highest BCUT2D eigenvalue weighted by Gasteiger charge is 2.23. The van der Waals surface area contributed by atoms with Gasteiger partial charge in [0.15, 0.2) is 10.9 Å². The van der Waals surface area contributed by atoms with Gasteiger partial charge in [0.05, 0.1) is 14.3 Å². The third-order valence-corrected chi connectivity index (χ3v) is 6.46. The zero-order valence-electron chi connectivity index (χ0n) is 15.6. The summed E-state index contributed by atoms with van der Waals surface area (Å²) in [6, 6.07) is 8.74. The van der Waals surface area contributed by atoms with Crippen LogP contribution in [0.3, 0.4) is 0 Å². The summed E-state index contributed by atoms with van der Waals surface area (Å²) in [7, 11) is -4.23. The number of amidine groups is 1. The highest BCUT2D eigenvalue weighted by atomic mass is 79.9. The van der Waals surface area contributed by atoms with E-state index < -0.39 is 20.9 Å². The highest BCUT2D eigenvalue weighted by Crippen LogP contribution is 2.32. The summed E-state index contributed by atoms with van der Waals surface area (Å²) in [5.41, 5.74) is 0.310. The Bertz CT molecular complexity index is 1260. The molecule has 1 N–H and O–H groups in total. The van der Waals surface area contributed by atoms with Crippen LogP contribution in [0.2, 0.25) is 0 Å². The molecule has 0 radical (unpaired) electrons. The van der Waals surface area contributed by atoms with Crippen LogP contribution in [0.5, 0.6) is 5.75 Å². The van der Waals surface area contributed by atoms with Crippen molar-refractivity contribution in [2.45, 2.75) is 11.8 Å². The molecule has 2 aromatic carbocycles. The van der Waals surface area contributed by atoms with E-state index in [0.29, 0.717) is 10.0 Å². The molecule has 3 rings (SSSR count). The molecule has 1 heterocycles. The van der Waals surface area contributed by atoms with E-state index >= 15 is 0 Å². The number of carbonyl (C=O) groups excluding carboxylic acids is 2. The molecule has 0 saturated carbocycles. The molecule has 160 valence electrons. The van der Waals surface area contributed by atoms with E-state index in [2.05, 4.69) is 26.2 Å². The number of non-ortho nitro benzene ring substituents is 1. The van der Waals surface area contributed by atoms with E-state index in [1.165, 1.54) is 31.2 Å². The molecule has 1 aliphatic rings. The van der Waals surface area contributed by atoms with E-state index in [1.54, 1.807) is 0 Å². The maximum absolute atomic E-state index is 12.4. The number of hydrogen-bond donors (Lipinski definition) is 1. The molecule has 31 heavy (non-hydrogen) atoms. The van der Waals surface area contributed by atoms with Crippen molar-refractivity contribution in [3.63, 3.8) is 0 Å². The molecular weight excluding hydrogens is 514 g/mol. The van der Waals surface area contributed by atoms with Gasteiger partial charge in [0.2, 0.25) is 5.91 Å². The zero-order valence-corrected chi connectivity index (χ0v) is 18.8. The molecule has 0 bridgehead atoms. The maximum Gasteiger partial charge on any atom is 0.339 e. The van der Waals surface area contributed by atoms with Crippen LogP contribution >= 0.6 is 27.7 Å². The second-order valence-electron chi connectivity index (χ2n) is 5.99. The fourth-order valence-corrected chi connectivity index (χ4v) is 4.73. The molecule has 0 unspecified atom stereocenters. The number of hydrogen-bond acceptors (Lipinski definition) is 8. The fraction of sp³-hybridized carbons (Fsp3) is 0.0556. The van der Waals surface area contributed by atoms with E-state index in [9.17, 15) is 28.1 Å². The normalized spacial score (nSPS) is 15.0. The number of aliphatic imine (C=N–C) groups is 1. The number of nitro benzene ring substituents is 1. The van der Waals surface area contributed by atoms with Crippen LogP contribution in [0.4, 0.5) is 5.69 Å². The van der Waals surface area contributed by atoms with Gasteiger partial charge in [-0.3, -0.25) is 19.7 Å². The molecule has 0 atom stereocenters.